The molecule has 4 heteroatoms. The average Bonchev–Trinajstić information content (AvgIpc) is 2.39. The van der Waals surface area contributed by atoms with E-state index in [0.717, 1.165) is 23.5 Å². The van der Waals surface area contributed by atoms with Crippen molar-refractivity contribution >= 4 is 6.29 Å². The van der Waals surface area contributed by atoms with Crippen LogP contribution in [0.1, 0.15) is 27.0 Å². The molecule has 104 valence electrons. The fourth-order valence-corrected chi connectivity index (χ4v) is 2.07. The maximum atomic E-state index is 13.5. The Morgan fingerprint density at radius 3 is 2.30 bits per heavy atom. The van der Waals surface area contributed by atoms with Crippen LogP contribution in [0.25, 0.3) is 0 Å². The highest BCUT2D eigenvalue weighted by atomic mass is 19.1. The molecule has 0 bridgehead atoms. The number of aldehydes is 1. The van der Waals surface area contributed by atoms with Gasteiger partial charge >= 0.3 is 0 Å². The van der Waals surface area contributed by atoms with Crippen molar-refractivity contribution in [3.8, 4) is 5.75 Å². The molecule has 0 aliphatic rings. The van der Waals surface area contributed by atoms with Crippen LogP contribution in [0.15, 0.2) is 30.3 Å². The molecular weight excluding hydrogens is 262 g/mol. The normalized spacial score (nSPS) is 10.4. The van der Waals surface area contributed by atoms with Crippen LogP contribution in [0.2, 0.25) is 0 Å². The van der Waals surface area contributed by atoms with Gasteiger partial charge in [0.2, 0.25) is 0 Å². The second-order valence-electron chi connectivity index (χ2n) is 4.63. The molecule has 0 heterocycles. The van der Waals surface area contributed by atoms with E-state index >= 15 is 0 Å². The van der Waals surface area contributed by atoms with Crippen LogP contribution in [0, 0.1) is 25.5 Å². The first-order valence-electron chi connectivity index (χ1n) is 6.14. The van der Waals surface area contributed by atoms with Crippen molar-refractivity contribution in [1.29, 1.82) is 0 Å². The Kier molecular flexibility index (Phi) is 4.13. The fraction of sp³-hybridized carbons (Fsp3) is 0.188. The Hall–Kier alpha value is -2.23. The van der Waals surface area contributed by atoms with Gasteiger partial charge in [-0.3, -0.25) is 4.79 Å². The zero-order valence-corrected chi connectivity index (χ0v) is 11.2. The van der Waals surface area contributed by atoms with Crippen molar-refractivity contribution in [2.24, 2.45) is 0 Å². The number of ether oxygens (including phenoxy) is 1. The Labute approximate surface area is 116 Å². The Morgan fingerprint density at radius 2 is 1.75 bits per heavy atom. The molecule has 0 aliphatic carbocycles. The highest BCUT2D eigenvalue weighted by Crippen LogP contribution is 2.25. The maximum absolute atomic E-state index is 13.5. The highest BCUT2D eigenvalue weighted by molar-refractivity contribution is 5.76. The first-order valence-corrected chi connectivity index (χ1v) is 6.14. The van der Waals surface area contributed by atoms with Gasteiger partial charge in [0.05, 0.1) is 0 Å². The van der Waals surface area contributed by atoms with E-state index in [1.165, 1.54) is 12.1 Å². The van der Waals surface area contributed by atoms with Crippen LogP contribution >= 0.6 is 0 Å². The molecule has 2 aromatic carbocycles. The van der Waals surface area contributed by atoms with Crippen LogP contribution < -0.4 is 4.74 Å². The first-order chi connectivity index (χ1) is 9.51. The molecule has 0 radical (unpaired) electrons. The van der Waals surface area contributed by atoms with Crippen molar-refractivity contribution in [2.45, 2.75) is 20.5 Å². The van der Waals surface area contributed by atoms with Crippen LogP contribution in [0.3, 0.4) is 0 Å². The molecule has 0 atom stereocenters. The lowest BCUT2D eigenvalue weighted by molar-refractivity contribution is 0.112. The lowest BCUT2D eigenvalue weighted by atomic mass is 10.1. The predicted molar refractivity (Wildman–Crippen MR) is 72.0 cm³/mol. The molecule has 0 unspecified atom stereocenters. The van der Waals surface area contributed by atoms with Gasteiger partial charge in [-0.05, 0) is 49.2 Å². The summed E-state index contributed by atoms with van der Waals surface area (Å²) in [5, 5.41) is 0. The molecule has 2 aromatic rings. The first kappa shape index (κ1) is 14.2. The van der Waals surface area contributed by atoms with Gasteiger partial charge in [-0.15, -0.1) is 0 Å². The minimum absolute atomic E-state index is 0.00816. The quantitative estimate of drug-likeness (QED) is 0.790. The molecular formula is C16H14F2O2. The van der Waals surface area contributed by atoms with E-state index in [2.05, 4.69) is 0 Å². The molecule has 0 fully saturated rings. The second kappa shape index (κ2) is 5.82. The molecule has 0 aliphatic heterocycles. The maximum Gasteiger partial charge on any atom is 0.150 e. The topological polar surface area (TPSA) is 26.3 Å². The van der Waals surface area contributed by atoms with E-state index in [0.29, 0.717) is 11.3 Å². The number of aryl methyl sites for hydroxylation is 2. The molecule has 0 spiro atoms. The SMILES string of the molecule is Cc1cc(C=O)cc(C)c1OCc1ccc(F)cc1F. The molecule has 0 aromatic heterocycles. The zero-order chi connectivity index (χ0) is 14.7. The van der Waals surface area contributed by atoms with Gasteiger partial charge in [-0.25, -0.2) is 8.78 Å². The Balaban J connectivity index is 2.21. The third kappa shape index (κ3) is 3.02. The van der Waals surface area contributed by atoms with Gasteiger partial charge in [0, 0.05) is 17.2 Å². The standard InChI is InChI=1S/C16H14F2O2/c1-10-5-12(8-19)6-11(2)16(10)20-9-13-3-4-14(17)7-15(13)18/h3-8H,9H2,1-2H3. The van der Waals surface area contributed by atoms with Crippen LogP contribution in [0.5, 0.6) is 5.75 Å². The van der Waals surface area contributed by atoms with Crippen molar-refractivity contribution in [3.63, 3.8) is 0 Å². The number of halogens is 2. The second-order valence-corrected chi connectivity index (χ2v) is 4.63. The van der Waals surface area contributed by atoms with E-state index in [1.54, 1.807) is 12.1 Å². The Bertz CT molecular complexity index is 628. The third-order valence-electron chi connectivity index (χ3n) is 3.01. The smallest absolute Gasteiger partial charge is 0.150 e. The molecule has 2 rings (SSSR count). The van der Waals surface area contributed by atoms with Gasteiger partial charge in [0.25, 0.3) is 0 Å². The van der Waals surface area contributed by atoms with Gasteiger partial charge in [0.15, 0.2) is 0 Å². The van der Waals surface area contributed by atoms with E-state index < -0.39 is 11.6 Å². The van der Waals surface area contributed by atoms with Crippen molar-refractivity contribution in [3.05, 3.63) is 64.2 Å². The summed E-state index contributed by atoms with van der Waals surface area (Å²) in [6.07, 6.45) is 0.767. The summed E-state index contributed by atoms with van der Waals surface area (Å²) in [6, 6.07) is 6.78. The molecule has 2 nitrogen and oxygen atoms in total. The number of carbonyl (C=O) groups is 1. The van der Waals surface area contributed by atoms with Gasteiger partial charge < -0.3 is 4.74 Å². The van der Waals surface area contributed by atoms with Gasteiger partial charge in [0.1, 0.15) is 30.3 Å². The summed E-state index contributed by atoms with van der Waals surface area (Å²) in [5.74, 6) is -0.641. The van der Waals surface area contributed by atoms with Gasteiger partial charge in [-0.1, -0.05) is 0 Å². The summed E-state index contributed by atoms with van der Waals surface area (Å²) < 4.78 is 31.9. The number of hydrogen-bond donors (Lipinski definition) is 0. The number of benzene rings is 2. The monoisotopic (exact) mass is 276 g/mol. The van der Waals surface area contributed by atoms with Crippen molar-refractivity contribution in [1.82, 2.24) is 0 Å². The van der Waals surface area contributed by atoms with Crippen molar-refractivity contribution in [2.75, 3.05) is 0 Å². The van der Waals surface area contributed by atoms with E-state index in [-0.39, 0.29) is 12.2 Å². The predicted octanol–water partition coefficient (Wildman–Crippen LogP) is 3.97. The largest absolute Gasteiger partial charge is 0.488 e. The van der Waals surface area contributed by atoms with Crippen LogP contribution in [-0.4, -0.2) is 6.29 Å². The molecule has 20 heavy (non-hydrogen) atoms. The summed E-state index contributed by atoms with van der Waals surface area (Å²) in [6.45, 7) is 3.64. The zero-order valence-electron chi connectivity index (χ0n) is 11.2. The lowest BCUT2D eigenvalue weighted by Gasteiger charge is -2.13. The molecule has 0 saturated heterocycles. The average molecular weight is 276 g/mol. The minimum atomic E-state index is -0.634. The van der Waals surface area contributed by atoms with E-state index in [1.807, 2.05) is 13.8 Å². The minimum Gasteiger partial charge on any atom is -0.488 e. The Morgan fingerprint density at radius 1 is 1.10 bits per heavy atom. The number of carbonyl (C=O) groups excluding carboxylic acids is 1. The molecule has 0 amide bonds. The summed E-state index contributed by atoms with van der Waals surface area (Å²) in [7, 11) is 0. The van der Waals surface area contributed by atoms with Gasteiger partial charge in [-0.2, -0.15) is 0 Å². The summed E-state index contributed by atoms with van der Waals surface area (Å²) >= 11 is 0. The fourth-order valence-electron chi connectivity index (χ4n) is 2.07. The van der Waals surface area contributed by atoms with Crippen LogP contribution in [0.4, 0.5) is 8.78 Å². The lowest BCUT2D eigenvalue weighted by Crippen LogP contribution is -2.02. The molecule has 0 N–H and O–H groups in total. The number of rotatable bonds is 4. The van der Waals surface area contributed by atoms with E-state index in [9.17, 15) is 13.6 Å². The number of hydrogen-bond acceptors (Lipinski definition) is 2. The van der Waals surface area contributed by atoms with Crippen molar-refractivity contribution < 1.29 is 18.3 Å². The van der Waals surface area contributed by atoms with Crippen LogP contribution in [-0.2, 0) is 6.61 Å². The summed E-state index contributed by atoms with van der Waals surface area (Å²) in [5.41, 5.74) is 2.45. The third-order valence-corrected chi connectivity index (χ3v) is 3.01. The van der Waals surface area contributed by atoms with E-state index in [4.69, 9.17) is 4.74 Å². The highest BCUT2D eigenvalue weighted by Gasteiger charge is 2.09. The molecule has 0 saturated carbocycles. The summed E-state index contributed by atoms with van der Waals surface area (Å²) in [4.78, 5) is 10.8.